The first-order valence-electron chi connectivity index (χ1n) is 8.51. The molecule has 0 saturated heterocycles. The lowest BCUT2D eigenvalue weighted by Gasteiger charge is -2.06. The molecule has 4 rings (SSSR count). The molecule has 3 aromatic carbocycles. The van der Waals surface area contributed by atoms with Crippen LogP contribution in [0.15, 0.2) is 84.9 Å². The average Bonchev–Trinajstić information content (AvgIpc) is 3.13. The van der Waals surface area contributed by atoms with Gasteiger partial charge in [-0.15, -0.1) is 5.10 Å². The van der Waals surface area contributed by atoms with Crippen LogP contribution in [0.2, 0.25) is 0 Å². The van der Waals surface area contributed by atoms with Gasteiger partial charge >= 0.3 is 0 Å². The predicted octanol–water partition coefficient (Wildman–Crippen LogP) is 4.43. The van der Waals surface area contributed by atoms with E-state index in [1.54, 1.807) is 16.8 Å². The Morgan fingerprint density at radius 2 is 1.48 bits per heavy atom. The number of nitrogens with zero attached hydrogens (tertiary/aromatic N) is 4. The fourth-order valence-electron chi connectivity index (χ4n) is 2.87. The second-order valence-electron chi connectivity index (χ2n) is 6.07. The van der Waals surface area contributed by atoms with E-state index in [1.165, 1.54) is 12.1 Å². The van der Waals surface area contributed by atoms with Gasteiger partial charge in [0.05, 0.1) is 10.6 Å². The van der Waals surface area contributed by atoms with Crippen LogP contribution in [0, 0.1) is 10.1 Å². The molecule has 1 heterocycles. The molecule has 0 saturated carbocycles. The first kappa shape index (κ1) is 16.7. The van der Waals surface area contributed by atoms with Crippen LogP contribution in [0.1, 0.15) is 11.4 Å². The van der Waals surface area contributed by atoms with Crippen molar-refractivity contribution in [2.45, 2.75) is 6.42 Å². The Hall–Kier alpha value is -3.80. The van der Waals surface area contributed by atoms with Gasteiger partial charge in [-0.3, -0.25) is 10.1 Å². The van der Waals surface area contributed by atoms with Crippen LogP contribution < -0.4 is 0 Å². The summed E-state index contributed by atoms with van der Waals surface area (Å²) in [5.41, 5.74) is 2.83. The van der Waals surface area contributed by atoms with E-state index in [0.29, 0.717) is 12.2 Å². The van der Waals surface area contributed by atoms with E-state index in [9.17, 15) is 10.1 Å². The number of nitro benzene ring substituents is 1. The number of benzene rings is 3. The number of non-ortho nitro benzene ring substituents is 1. The lowest BCUT2D eigenvalue weighted by molar-refractivity contribution is -0.384. The maximum absolute atomic E-state index is 10.9. The van der Waals surface area contributed by atoms with Gasteiger partial charge in [0, 0.05) is 24.1 Å². The highest BCUT2D eigenvalue weighted by Gasteiger charge is 2.14. The minimum absolute atomic E-state index is 0.0479. The van der Waals surface area contributed by atoms with Crippen molar-refractivity contribution in [2.75, 3.05) is 0 Å². The van der Waals surface area contributed by atoms with Crippen molar-refractivity contribution in [1.82, 2.24) is 14.8 Å². The van der Waals surface area contributed by atoms with Crippen molar-refractivity contribution in [3.05, 3.63) is 106 Å². The summed E-state index contributed by atoms with van der Waals surface area (Å²) < 4.78 is 1.75. The molecular formula is C21H16N4O2. The van der Waals surface area contributed by atoms with Gasteiger partial charge in [-0.05, 0) is 17.7 Å². The molecule has 0 aliphatic heterocycles. The normalized spacial score (nSPS) is 10.7. The quantitative estimate of drug-likeness (QED) is 0.391. The SMILES string of the molecule is O=[N+]([O-])c1ccc(-n2nc(-c3ccccc3)nc2Cc2ccccc2)cc1. The summed E-state index contributed by atoms with van der Waals surface area (Å²) in [5, 5.41) is 15.6. The Bertz CT molecular complexity index is 1060. The van der Waals surface area contributed by atoms with Crippen LogP contribution in [0.4, 0.5) is 5.69 Å². The molecule has 0 aliphatic rings. The topological polar surface area (TPSA) is 73.8 Å². The number of hydrogen-bond acceptors (Lipinski definition) is 4. The van der Waals surface area contributed by atoms with Crippen molar-refractivity contribution in [3.63, 3.8) is 0 Å². The molecule has 0 radical (unpaired) electrons. The zero-order valence-corrected chi connectivity index (χ0v) is 14.4. The van der Waals surface area contributed by atoms with E-state index in [-0.39, 0.29) is 5.69 Å². The third-order valence-corrected chi connectivity index (χ3v) is 4.22. The summed E-state index contributed by atoms with van der Waals surface area (Å²) in [7, 11) is 0. The van der Waals surface area contributed by atoms with Gasteiger partial charge in [-0.1, -0.05) is 60.7 Å². The molecule has 6 heteroatoms. The maximum atomic E-state index is 10.9. The van der Waals surface area contributed by atoms with Crippen LogP contribution in [-0.4, -0.2) is 19.7 Å². The smallest absolute Gasteiger partial charge is 0.258 e. The molecule has 0 bridgehead atoms. The minimum Gasteiger partial charge on any atom is -0.258 e. The first-order valence-corrected chi connectivity index (χ1v) is 8.51. The lowest BCUT2D eigenvalue weighted by atomic mass is 10.1. The van der Waals surface area contributed by atoms with Crippen LogP contribution in [-0.2, 0) is 6.42 Å². The molecular weight excluding hydrogens is 340 g/mol. The number of nitro groups is 1. The third kappa shape index (κ3) is 3.59. The number of rotatable bonds is 5. The minimum atomic E-state index is -0.411. The van der Waals surface area contributed by atoms with Crippen molar-refractivity contribution >= 4 is 5.69 Å². The number of hydrogen-bond donors (Lipinski definition) is 0. The monoisotopic (exact) mass is 356 g/mol. The summed E-state index contributed by atoms with van der Waals surface area (Å²) in [6.07, 6.45) is 0.609. The van der Waals surface area contributed by atoms with Crippen molar-refractivity contribution in [2.24, 2.45) is 0 Å². The van der Waals surface area contributed by atoms with E-state index < -0.39 is 4.92 Å². The van der Waals surface area contributed by atoms with Gasteiger partial charge in [0.2, 0.25) is 0 Å². The Labute approximate surface area is 155 Å². The van der Waals surface area contributed by atoms with Gasteiger partial charge < -0.3 is 0 Å². The molecule has 0 N–H and O–H groups in total. The molecule has 0 fully saturated rings. The van der Waals surface area contributed by atoms with E-state index in [1.807, 2.05) is 60.7 Å². The second-order valence-corrected chi connectivity index (χ2v) is 6.07. The summed E-state index contributed by atoms with van der Waals surface area (Å²) in [4.78, 5) is 15.2. The summed E-state index contributed by atoms with van der Waals surface area (Å²) >= 11 is 0. The van der Waals surface area contributed by atoms with Crippen LogP contribution in [0.3, 0.4) is 0 Å². The predicted molar refractivity (Wildman–Crippen MR) is 103 cm³/mol. The second kappa shape index (κ2) is 7.21. The molecule has 27 heavy (non-hydrogen) atoms. The molecule has 4 aromatic rings. The highest BCUT2D eigenvalue weighted by molar-refractivity contribution is 5.55. The van der Waals surface area contributed by atoms with E-state index >= 15 is 0 Å². The lowest BCUT2D eigenvalue weighted by Crippen LogP contribution is -2.04. The number of aromatic nitrogens is 3. The van der Waals surface area contributed by atoms with E-state index in [2.05, 4.69) is 5.10 Å². The zero-order chi connectivity index (χ0) is 18.6. The largest absolute Gasteiger partial charge is 0.269 e. The highest BCUT2D eigenvalue weighted by atomic mass is 16.6. The molecule has 6 nitrogen and oxygen atoms in total. The summed E-state index contributed by atoms with van der Waals surface area (Å²) in [5.74, 6) is 1.40. The average molecular weight is 356 g/mol. The van der Waals surface area contributed by atoms with Crippen molar-refractivity contribution in [3.8, 4) is 17.1 Å². The summed E-state index contributed by atoms with van der Waals surface area (Å²) in [6, 6.07) is 26.1. The van der Waals surface area contributed by atoms with Crippen LogP contribution in [0.5, 0.6) is 0 Å². The Morgan fingerprint density at radius 1 is 0.852 bits per heavy atom. The van der Waals surface area contributed by atoms with Crippen molar-refractivity contribution in [1.29, 1.82) is 0 Å². The van der Waals surface area contributed by atoms with Gasteiger partial charge in [0.1, 0.15) is 5.82 Å². The fourth-order valence-corrected chi connectivity index (χ4v) is 2.87. The maximum Gasteiger partial charge on any atom is 0.269 e. The van der Waals surface area contributed by atoms with Crippen molar-refractivity contribution < 1.29 is 4.92 Å². The summed E-state index contributed by atoms with van der Waals surface area (Å²) in [6.45, 7) is 0. The first-order chi connectivity index (χ1) is 13.2. The Kier molecular flexibility index (Phi) is 4.45. The van der Waals surface area contributed by atoms with Gasteiger partial charge in [0.25, 0.3) is 5.69 Å². The molecule has 0 aliphatic carbocycles. The van der Waals surface area contributed by atoms with Crippen LogP contribution in [0.25, 0.3) is 17.1 Å². The molecule has 132 valence electrons. The zero-order valence-electron chi connectivity index (χ0n) is 14.4. The molecule has 0 spiro atoms. The van der Waals surface area contributed by atoms with E-state index in [0.717, 1.165) is 22.6 Å². The van der Waals surface area contributed by atoms with Gasteiger partial charge in [-0.2, -0.15) is 0 Å². The highest BCUT2D eigenvalue weighted by Crippen LogP contribution is 2.21. The standard InChI is InChI=1S/C21H16N4O2/c26-25(27)19-13-11-18(12-14-19)24-20(15-16-7-3-1-4-8-16)22-21(23-24)17-9-5-2-6-10-17/h1-14H,15H2. The molecule has 0 unspecified atom stereocenters. The van der Waals surface area contributed by atoms with Gasteiger partial charge in [-0.25, -0.2) is 9.67 Å². The molecule has 0 atom stereocenters. The molecule has 0 amide bonds. The fraction of sp³-hybridized carbons (Fsp3) is 0.0476. The van der Waals surface area contributed by atoms with Gasteiger partial charge in [0.15, 0.2) is 5.82 Å². The third-order valence-electron chi connectivity index (χ3n) is 4.22. The Morgan fingerprint density at radius 3 is 2.11 bits per heavy atom. The molecule has 1 aromatic heterocycles. The Balaban J connectivity index is 1.78. The van der Waals surface area contributed by atoms with E-state index in [4.69, 9.17) is 4.98 Å². The van der Waals surface area contributed by atoms with Crippen LogP contribution >= 0.6 is 0 Å².